The Balaban J connectivity index is 1.96. The molecule has 0 saturated heterocycles. The van der Waals surface area contributed by atoms with E-state index in [1.807, 2.05) is 17.8 Å². The summed E-state index contributed by atoms with van der Waals surface area (Å²) in [5, 5.41) is 9.40. The standard InChI is InChI=1S/C7H10N6S2/c1-13-4-10-12-7(13)14-3-5-2-9-6(11-8)15-5/h2,4H,3,8H2,1H3,(H,9,11). The van der Waals surface area contributed by atoms with Crippen molar-refractivity contribution in [3.05, 3.63) is 17.4 Å². The summed E-state index contributed by atoms with van der Waals surface area (Å²) in [5.41, 5.74) is 2.52. The van der Waals surface area contributed by atoms with E-state index >= 15 is 0 Å². The molecule has 3 N–H and O–H groups in total. The molecular formula is C7H10N6S2. The van der Waals surface area contributed by atoms with E-state index < -0.39 is 0 Å². The van der Waals surface area contributed by atoms with Gasteiger partial charge in [-0.1, -0.05) is 11.8 Å². The number of nitrogens with zero attached hydrogens (tertiary/aromatic N) is 4. The molecule has 0 atom stereocenters. The molecule has 0 bridgehead atoms. The monoisotopic (exact) mass is 242 g/mol. The molecule has 15 heavy (non-hydrogen) atoms. The second kappa shape index (κ2) is 4.60. The summed E-state index contributed by atoms with van der Waals surface area (Å²) in [5.74, 6) is 6.07. The first-order valence-corrected chi connectivity index (χ1v) is 5.98. The molecule has 8 heteroatoms. The molecule has 0 amide bonds. The van der Waals surface area contributed by atoms with Crippen LogP contribution in [-0.2, 0) is 12.8 Å². The Hall–Kier alpha value is -1.12. The van der Waals surface area contributed by atoms with E-state index in [0.29, 0.717) is 0 Å². The SMILES string of the molecule is Cn1cnnc1SCc1cnc(NN)s1. The molecule has 2 rings (SSSR count). The smallest absolute Gasteiger partial charge is 0.197 e. The van der Waals surface area contributed by atoms with Crippen molar-refractivity contribution in [2.75, 3.05) is 5.43 Å². The predicted molar refractivity (Wildman–Crippen MR) is 60.5 cm³/mol. The number of anilines is 1. The Morgan fingerprint density at radius 1 is 1.67 bits per heavy atom. The maximum Gasteiger partial charge on any atom is 0.197 e. The minimum Gasteiger partial charge on any atom is -0.312 e. The molecular weight excluding hydrogens is 232 g/mol. The zero-order chi connectivity index (χ0) is 10.7. The van der Waals surface area contributed by atoms with Crippen LogP contribution in [0.5, 0.6) is 0 Å². The third-order valence-corrected chi connectivity index (χ3v) is 3.88. The number of thiazole rings is 1. The van der Waals surface area contributed by atoms with Crippen LogP contribution in [0.1, 0.15) is 4.88 Å². The van der Waals surface area contributed by atoms with Crippen molar-refractivity contribution in [3.8, 4) is 0 Å². The van der Waals surface area contributed by atoms with Crippen molar-refractivity contribution >= 4 is 28.2 Å². The number of aromatic nitrogens is 4. The molecule has 6 nitrogen and oxygen atoms in total. The van der Waals surface area contributed by atoms with Crippen LogP contribution < -0.4 is 11.3 Å². The van der Waals surface area contributed by atoms with Crippen LogP contribution in [0.3, 0.4) is 0 Å². The number of aryl methyl sites for hydroxylation is 1. The van der Waals surface area contributed by atoms with Crippen LogP contribution in [0.15, 0.2) is 17.7 Å². The lowest BCUT2D eigenvalue weighted by molar-refractivity contribution is 0.788. The van der Waals surface area contributed by atoms with Crippen LogP contribution in [0.25, 0.3) is 0 Å². The van der Waals surface area contributed by atoms with Crippen LogP contribution in [0.4, 0.5) is 5.13 Å². The highest BCUT2D eigenvalue weighted by molar-refractivity contribution is 7.98. The highest BCUT2D eigenvalue weighted by Gasteiger charge is 2.04. The van der Waals surface area contributed by atoms with Crippen molar-refractivity contribution in [2.45, 2.75) is 10.9 Å². The Morgan fingerprint density at radius 2 is 2.53 bits per heavy atom. The van der Waals surface area contributed by atoms with Crippen molar-refractivity contribution < 1.29 is 0 Å². The summed E-state index contributed by atoms with van der Waals surface area (Å²) >= 11 is 3.16. The molecule has 2 heterocycles. The molecule has 0 aliphatic rings. The molecule has 0 aliphatic heterocycles. The molecule has 2 aromatic rings. The summed E-state index contributed by atoms with van der Waals surface area (Å²) in [6, 6.07) is 0. The van der Waals surface area contributed by atoms with Gasteiger partial charge in [0.05, 0.1) is 0 Å². The predicted octanol–water partition coefficient (Wildman–Crippen LogP) is 0.849. The van der Waals surface area contributed by atoms with Gasteiger partial charge in [-0.25, -0.2) is 10.8 Å². The van der Waals surface area contributed by atoms with Crippen LogP contribution >= 0.6 is 23.1 Å². The second-order valence-electron chi connectivity index (χ2n) is 2.79. The van der Waals surface area contributed by atoms with Crippen LogP contribution in [-0.4, -0.2) is 19.7 Å². The van der Waals surface area contributed by atoms with E-state index in [-0.39, 0.29) is 0 Å². The second-order valence-corrected chi connectivity index (χ2v) is 4.85. The minimum absolute atomic E-state index is 0.726. The summed E-state index contributed by atoms with van der Waals surface area (Å²) in [6.45, 7) is 0. The van der Waals surface area contributed by atoms with E-state index in [1.54, 1.807) is 18.1 Å². The van der Waals surface area contributed by atoms with E-state index in [2.05, 4.69) is 20.6 Å². The fraction of sp³-hybridized carbons (Fsp3) is 0.286. The fourth-order valence-electron chi connectivity index (χ4n) is 0.980. The molecule has 0 radical (unpaired) electrons. The molecule has 80 valence electrons. The van der Waals surface area contributed by atoms with Crippen molar-refractivity contribution in [3.63, 3.8) is 0 Å². The summed E-state index contributed by atoms with van der Waals surface area (Å²) in [6.07, 6.45) is 3.49. The van der Waals surface area contributed by atoms with Crippen LogP contribution in [0.2, 0.25) is 0 Å². The average molecular weight is 242 g/mol. The molecule has 0 aromatic carbocycles. The van der Waals surface area contributed by atoms with E-state index in [0.717, 1.165) is 20.9 Å². The third-order valence-electron chi connectivity index (χ3n) is 1.69. The number of hydrogen-bond donors (Lipinski definition) is 2. The minimum atomic E-state index is 0.726. The van der Waals surface area contributed by atoms with Gasteiger partial charge in [0.2, 0.25) is 0 Å². The van der Waals surface area contributed by atoms with Crippen LogP contribution in [0, 0.1) is 0 Å². The molecule has 0 spiro atoms. The highest BCUT2D eigenvalue weighted by atomic mass is 32.2. The highest BCUT2D eigenvalue weighted by Crippen LogP contribution is 2.25. The maximum absolute atomic E-state index is 5.24. The van der Waals surface area contributed by atoms with Gasteiger partial charge < -0.3 is 4.57 Å². The largest absolute Gasteiger partial charge is 0.312 e. The summed E-state index contributed by atoms with van der Waals surface area (Å²) < 4.78 is 1.88. The maximum atomic E-state index is 5.24. The first kappa shape index (κ1) is 10.4. The van der Waals surface area contributed by atoms with Gasteiger partial charge in [-0.2, -0.15) is 0 Å². The van der Waals surface area contributed by atoms with E-state index in [4.69, 9.17) is 5.84 Å². The fourth-order valence-corrected chi connectivity index (χ4v) is 2.61. The Labute approximate surface area is 94.9 Å². The van der Waals surface area contributed by atoms with Gasteiger partial charge in [-0.05, 0) is 0 Å². The Morgan fingerprint density at radius 3 is 3.13 bits per heavy atom. The van der Waals surface area contributed by atoms with Gasteiger partial charge in [0.1, 0.15) is 6.33 Å². The molecule has 0 unspecified atom stereocenters. The van der Waals surface area contributed by atoms with E-state index in [1.165, 1.54) is 11.3 Å². The Bertz CT molecular complexity index is 436. The first-order valence-electron chi connectivity index (χ1n) is 4.17. The lowest BCUT2D eigenvalue weighted by atomic mass is 10.6. The summed E-state index contributed by atoms with van der Waals surface area (Å²) in [4.78, 5) is 5.23. The zero-order valence-electron chi connectivity index (χ0n) is 8.04. The molecule has 0 aliphatic carbocycles. The lowest BCUT2D eigenvalue weighted by Gasteiger charge is -1.96. The van der Waals surface area contributed by atoms with Gasteiger partial charge >= 0.3 is 0 Å². The third kappa shape index (κ3) is 2.46. The van der Waals surface area contributed by atoms with Gasteiger partial charge in [-0.15, -0.1) is 21.5 Å². The van der Waals surface area contributed by atoms with Gasteiger partial charge in [-0.3, -0.25) is 5.43 Å². The lowest BCUT2D eigenvalue weighted by Crippen LogP contribution is -2.05. The zero-order valence-corrected chi connectivity index (χ0v) is 9.68. The van der Waals surface area contributed by atoms with Crippen molar-refractivity contribution in [1.82, 2.24) is 19.7 Å². The van der Waals surface area contributed by atoms with Gasteiger partial charge in [0, 0.05) is 23.9 Å². The van der Waals surface area contributed by atoms with E-state index in [9.17, 15) is 0 Å². The number of hydrogen-bond acceptors (Lipinski definition) is 7. The number of nitrogen functional groups attached to an aromatic ring is 1. The summed E-state index contributed by atoms with van der Waals surface area (Å²) in [7, 11) is 1.92. The average Bonchev–Trinajstić information content (AvgIpc) is 2.84. The molecule has 0 saturated carbocycles. The molecule has 0 fully saturated rings. The number of thioether (sulfide) groups is 1. The number of nitrogens with one attached hydrogen (secondary N) is 1. The number of nitrogens with two attached hydrogens (primary N) is 1. The van der Waals surface area contributed by atoms with Crippen molar-refractivity contribution in [1.29, 1.82) is 0 Å². The molecule has 2 aromatic heterocycles. The number of rotatable bonds is 4. The van der Waals surface area contributed by atoms with Gasteiger partial charge in [0.15, 0.2) is 10.3 Å². The normalized spacial score (nSPS) is 10.5. The van der Waals surface area contributed by atoms with Crippen molar-refractivity contribution in [2.24, 2.45) is 12.9 Å². The van der Waals surface area contributed by atoms with Gasteiger partial charge in [0.25, 0.3) is 0 Å². The number of hydrazine groups is 1. The topological polar surface area (TPSA) is 81.7 Å². The first-order chi connectivity index (χ1) is 7.29. The quantitative estimate of drug-likeness (QED) is 0.470. The Kier molecular flexibility index (Phi) is 3.19.